The van der Waals surface area contributed by atoms with E-state index in [1.54, 1.807) is 11.9 Å². The number of rotatable bonds is 3. The van der Waals surface area contributed by atoms with Crippen LogP contribution in [0.5, 0.6) is 0 Å². The number of likely N-dealkylation sites (N-methyl/N-ethyl adjacent to an activating group) is 1. The Kier molecular flexibility index (Phi) is 3.29. The van der Waals surface area contributed by atoms with Gasteiger partial charge in [0, 0.05) is 30.9 Å². The van der Waals surface area contributed by atoms with Gasteiger partial charge in [-0.2, -0.15) is 0 Å². The summed E-state index contributed by atoms with van der Waals surface area (Å²) in [4.78, 5) is 19.0. The van der Waals surface area contributed by atoms with Gasteiger partial charge in [-0.3, -0.25) is 9.20 Å². The molecular formula is C12H15N3O3S2. The molecule has 1 aliphatic heterocycles. The molecule has 0 aromatic carbocycles. The lowest BCUT2D eigenvalue weighted by molar-refractivity contribution is -0.130. The Bertz CT molecular complexity index is 718. The van der Waals surface area contributed by atoms with Gasteiger partial charge in [0.2, 0.25) is 5.91 Å². The Morgan fingerprint density at radius 3 is 3.05 bits per heavy atom. The normalized spacial score (nSPS) is 21.4. The molecule has 3 rings (SSSR count). The monoisotopic (exact) mass is 313 g/mol. The van der Waals surface area contributed by atoms with E-state index in [0.717, 1.165) is 10.7 Å². The number of carbonyl (C=O) groups is 1. The number of thiazole rings is 1. The van der Waals surface area contributed by atoms with Crippen molar-refractivity contribution in [3.63, 3.8) is 0 Å². The lowest BCUT2D eigenvalue weighted by Crippen LogP contribution is -2.38. The summed E-state index contributed by atoms with van der Waals surface area (Å²) in [5.41, 5.74) is 0.717. The molecule has 1 atom stereocenters. The number of imidazole rings is 1. The second-order valence-corrected chi connectivity index (χ2v) is 8.17. The van der Waals surface area contributed by atoms with E-state index in [2.05, 4.69) is 4.98 Å². The van der Waals surface area contributed by atoms with Gasteiger partial charge in [-0.25, -0.2) is 13.4 Å². The van der Waals surface area contributed by atoms with Crippen LogP contribution in [0, 0.1) is 0 Å². The molecule has 0 N–H and O–H groups in total. The maximum Gasteiger partial charge on any atom is 0.228 e. The number of hydrogen-bond acceptors (Lipinski definition) is 5. The summed E-state index contributed by atoms with van der Waals surface area (Å²) >= 11 is 1.52. The van der Waals surface area contributed by atoms with Crippen molar-refractivity contribution in [3.05, 3.63) is 23.5 Å². The van der Waals surface area contributed by atoms with E-state index in [0.29, 0.717) is 6.42 Å². The molecular weight excluding hydrogens is 298 g/mol. The van der Waals surface area contributed by atoms with Crippen molar-refractivity contribution in [2.24, 2.45) is 0 Å². The number of sulfone groups is 1. The summed E-state index contributed by atoms with van der Waals surface area (Å²) in [7, 11) is -1.30. The van der Waals surface area contributed by atoms with Crippen LogP contribution in [-0.2, 0) is 21.1 Å². The van der Waals surface area contributed by atoms with Crippen LogP contribution >= 0.6 is 11.3 Å². The average molecular weight is 313 g/mol. The predicted octanol–water partition coefficient (Wildman–Crippen LogP) is 0.584. The first-order valence-electron chi connectivity index (χ1n) is 6.32. The molecule has 0 spiro atoms. The maximum absolute atomic E-state index is 12.2. The van der Waals surface area contributed by atoms with Crippen LogP contribution in [0.1, 0.15) is 12.1 Å². The van der Waals surface area contributed by atoms with Crippen LogP contribution in [0.15, 0.2) is 17.8 Å². The Morgan fingerprint density at radius 2 is 2.40 bits per heavy atom. The van der Waals surface area contributed by atoms with Gasteiger partial charge in [0.05, 0.1) is 23.6 Å². The quantitative estimate of drug-likeness (QED) is 0.831. The minimum absolute atomic E-state index is 0.0769. The number of amides is 1. The zero-order chi connectivity index (χ0) is 14.3. The fraction of sp³-hybridized carbons (Fsp3) is 0.500. The SMILES string of the molecule is CN(C(=O)Cc1cn2ccsc2n1)C1CCS(=O)(=O)C1. The number of fused-ring (bicyclic) bond motifs is 1. The van der Waals surface area contributed by atoms with Crippen molar-refractivity contribution in [3.8, 4) is 0 Å². The fourth-order valence-corrected chi connectivity index (χ4v) is 4.92. The number of hydrogen-bond donors (Lipinski definition) is 0. The molecule has 8 heteroatoms. The van der Waals surface area contributed by atoms with Crippen LogP contribution in [0.4, 0.5) is 0 Å². The summed E-state index contributed by atoms with van der Waals surface area (Å²) in [5, 5.41) is 1.93. The van der Waals surface area contributed by atoms with Crippen LogP contribution in [0.2, 0.25) is 0 Å². The molecule has 1 aliphatic rings. The van der Waals surface area contributed by atoms with E-state index in [9.17, 15) is 13.2 Å². The van der Waals surface area contributed by atoms with Gasteiger partial charge in [-0.05, 0) is 6.42 Å². The van der Waals surface area contributed by atoms with E-state index in [1.807, 2.05) is 22.2 Å². The Morgan fingerprint density at radius 1 is 1.60 bits per heavy atom. The van der Waals surface area contributed by atoms with Crippen LogP contribution in [0.3, 0.4) is 0 Å². The van der Waals surface area contributed by atoms with Crippen molar-refractivity contribution in [2.45, 2.75) is 18.9 Å². The van der Waals surface area contributed by atoms with Crippen molar-refractivity contribution < 1.29 is 13.2 Å². The van der Waals surface area contributed by atoms with Crippen LogP contribution in [0.25, 0.3) is 4.96 Å². The highest BCUT2D eigenvalue weighted by Gasteiger charge is 2.32. The molecule has 3 heterocycles. The molecule has 108 valence electrons. The van der Waals surface area contributed by atoms with Gasteiger partial charge in [0.15, 0.2) is 14.8 Å². The minimum atomic E-state index is -2.97. The Labute approximate surface area is 121 Å². The number of aromatic nitrogens is 2. The van der Waals surface area contributed by atoms with Gasteiger partial charge in [-0.15, -0.1) is 11.3 Å². The molecule has 0 bridgehead atoms. The van der Waals surface area contributed by atoms with Crippen molar-refractivity contribution in [1.29, 1.82) is 0 Å². The summed E-state index contributed by atoms with van der Waals surface area (Å²) in [6.45, 7) is 0. The van der Waals surface area contributed by atoms with Crippen molar-refractivity contribution in [1.82, 2.24) is 14.3 Å². The summed E-state index contributed by atoms with van der Waals surface area (Å²) in [6.07, 6.45) is 4.47. The third kappa shape index (κ3) is 2.57. The molecule has 0 saturated carbocycles. The van der Waals surface area contributed by atoms with Gasteiger partial charge in [0.25, 0.3) is 0 Å². The molecule has 0 radical (unpaired) electrons. The zero-order valence-corrected chi connectivity index (χ0v) is 12.7. The van der Waals surface area contributed by atoms with Gasteiger partial charge in [-0.1, -0.05) is 0 Å². The second kappa shape index (κ2) is 4.85. The highest BCUT2D eigenvalue weighted by Crippen LogP contribution is 2.18. The standard InChI is InChI=1S/C12H15N3O3S2/c1-14(10-2-5-20(17,18)8-10)11(16)6-9-7-15-3-4-19-12(15)13-9/h3-4,7,10H,2,5-6,8H2,1H3. The molecule has 1 amide bonds. The third-order valence-electron chi connectivity index (χ3n) is 3.63. The Hall–Kier alpha value is -1.41. The first-order valence-corrected chi connectivity index (χ1v) is 9.02. The lowest BCUT2D eigenvalue weighted by atomic mass is 10.2. The summed E-state index contributed by atoms with van der Waals surface area (Å²) in [5.74, 6) is 0.168. The fourth-order valence-electron chi connectivity index (χ4n) is 2.43. The maximum atomic E-state index is 12.2. The third-order valence-corrected chi connectivity index (χ3v) is 6.15. The smallest absolute Gasteiger partial charge is 0.228 e. The van der Waals surface area contributed by atoms with E-state index >= 15 is 0 Å². The van der Waals surface area contributed by atoms with E-state index in [4.69, 9.17) is 0 Å². The topological polar surface area (TPSA) is 71.8 Å². The molecule has 2 aromatic heterocycles. The second-order valence-electron chi connectivity index (χ2n) is 5.06. The predicted molar refractivity (Wildman–Crippen MR) is 76.6 cm³/mol. The van der Waals surface area contributed by atoms with Crippen LogP contribution in [-0.4, -0.2) is 53.2 Å². The Balaban J connectivity index is 1.68. The largest absolute Gasteiger partial charge is 0.341 e. The summed E-state index contributed by atoms with van der Waals surface area (Å²) in [6, 6.07) is -0.198. The number of carbonyl (C=O) groups excluding carboxylic acids is 1. The first-order chi connectivity index (χ1) is 9.44. The molecule has 1 fully saturated rings. The molecule has 2 aromatic rings. The average Bonchev–Trinajstić information content (AvgIpc) is 3.02. The zero-order valence-electron chi connectivity index (χ0n) is 11.0. The van der Waals surface area contributed by atoms with Crippen molar-refractivity contribution in [2.75, 3.05) is 18.6 Å². The van der Waals surface area contributed by atoms with E-state index in [-0.39, 0.29) is 29.9 Å². The minimum Gasteiger partial charge on any atom is -0.341 e. The highest BCUT2D eigenvalue weighted by atomic mass is 32.2. The summed E-state index contributed by atoms with van der Waals surface area (Å²) < 4.78 is 24.8. The van der Waals surface area contributed by atoms with Gasteiger partial charge >= 0.3 is 0 Å². The molecule has 6 nitrogen and oxygen atoms in total. The van der Waals surface area contributed by atoms with Crippen molar-refractivity contribution >= 4 is 32.0 Å². The van der Waals surface area contributed by atoms with Gasteiger partial charge < -0.3 is 4.90 Å². The number of nitrogens with zero attached hydrogens (tertiary/aromatic N) is 3. The van der Waals surface area contributed by atoms with E-state index in [1.165, 1.54) is 11.3 Å². The lowest BCUT2D eigenvalue weighted by Gasteiger charge is -2.22. The molecule has 0 aliphatic carbocycles. The molecule has 1 saturated heterocycles. The molecule has 20 heavy (non-hydrogen) atoms. The van der Waals surface area contributed by atoms with E-state index < -0.39 is 9.84 Å². The molecule has 1 unspecified atom stereocenters. The highest BCUT2D eigenvalue weighted by molar-refractivity contribution is 7.91. The first kappa shape index (κ1) is 13.6. The van der Waals surface area contributed by atoms with Gasteiger partial charge in [0.1, 0.15) is 0 Å². The van der Waals surface area contributed by atoms with Crippen LogP contribution < -0.4 is 0 Å².